The number of rotatable bonds is 9. The lowest BCUT2D eigenvalue weighted by molar-refractivity contribution is -0.119. The Labute approximate surface area is 229 Å². The second-order valence-corrected chi connectivity index (χ2v) is 12.6. The van der Waals surface area contributed by atoms with Gasteiger partial charge in [0.15, 0.2) is 23.1 Å². The van der Waals surface area contributed by atoms with Crippen LogP contribution in [0, 0.1) is 10.8 Å². The van der Waals surface area contributed by atoms with Gasteiger partial charge in [0.2, 0.25) is 0 Å². The van der Waals surface area contributed by atoms with Gasteiger partial charge in [-0.25, -0.2) is 0 Å². The molecule has 38 heavy (non-hydrogen) atoms. The highest BCUT2D eigenvalue weighted by Crippen LogP contribution is 2.55. The molecule has 0 saturated heterocycles. The number of ketones is 2. The fraction of sp³-hybridized carbons (Fsp3) is 0.576. The molecule has 4 rings (SSSR count). The number of carbonyl (C=O) groups excluding carboxylic acids is 2. The Morgan fingerprint density at radius 2 is 1.50 bits per heavy atom. The second-order valence-electron chi connectivity index (χ2n) is 12.6. The van der Waals surface area contributed by atoms with Gasteiger partial charge in [-0.15, -0.1) is 6.58 Å². The maximum Gasteiger partial charge on any atom is 0.164 e. The molecule has 0 bridgehead atoms. The third-order valence-corrected chi connectivity index (χ3v) is 7.94. The van der Waals surface area contributed by atoms with Gasteiger partial charge in [-0.05, 0) is 62.0 Å². The van der Waals surface area contributed by atoms with Gasteiger partial charge in [0.25, 0.3) is 0 Å². The van der Waals surface area contributed by atoms with Crippen LogP contribution in [0.5, 0.6) is 11.5 Å². The molecule has 206 valence electrons. The van der Waals surface area contributed by atoms with Crippen LogP contribution in [0.1, 0.15) is 97.6 Å². The molecule has 0 N–H and O–H groups in total. The fourth-order valence-electron chi connectivity index (χ4n) is 6.55. The van der Waals surface area contributed by atoms with Crippen LogP contribution in [0.2, 0.25) is 0 Å². The monoisotopic (exact) mass is 519 g/mol. The minimum atomic E-state index is -0.391. The number of hydrogen-bond donors (Lipinski definition) is 0. The van der Waals surface area contributed by atoms with Crippen LogP contribution >= 0.6 is 0 Å². The topological polar surface area (TPSA) is 55.8 Å². The third-order valence-electron chi connectivity index (χ3n) is 7.94. The van der Waals surface area contributed by atoms with Crippen molar-refractivity contribution in [3.63, 3.8) is 0 Å². The molecule has 5 heteroatoms. The van der Waals surface area contributed by atoms with Gasteiger partial charge in [0.05, 0.1) is 13.2 Å². The zero-order valence-electron chi connectivity index (χ0n) is 24.5. The molecule has 1 aromatic rings. The van der Waals surface area contributed by atoms with E-state index in [1.165, 1.54) is 0 Å². The fourth-order valence-corrected chi connectivity index (χ4v) is 6.55. The van der Waals surface area contributed by atoms with Crippen LogP contribution in [-0.4, -0.2) is 36.2 Å². The Bertz CT molecular complexity index is 1150. The zero-order valence-corrected chi connectivity index (χ0v) is 24.5. The van der Waals surface area contributed by atoms with Crippen molar-refractivity contribution in [3.8, 4) is 11.5 Å². The van der Waals surface area contributed by atoms with Gasteiger partial charge in [-0.3, -0.25) is 9.59 Å². The van der Waals surface area contributed by atoms with Gasteiger partial charge in [-0.1, -0.05) is 46.8 Å². The van der Waals surface area contributed by atoms with E-state index >= 15 is 0 Å². The average molecular weight is 520 g/mol. The van der Waals surface area contributed by atoms with E-state index in [0.29, 0.717) is 38.2 Å². The Kier molecular flexibility index (Phi) is 7.97. The van der Waals surface area contributed by atoms with Crippen LogP contribution in [0.4, 0.5) is 0 Å². The van der Waals surface area contributed by atoms with Crippen molar-refractivity contribution in [1.82, 2.24) is 4.90 Å². The van der Waals surface area contributed by atoms with Crippen molar-refractivity contribution in [2.45, 2.75) is 92.9 Å². The lowest BCUT2D eigenvalue weighted by Crippen LogP contribution is -2.44. The van der Waals surface area contributed by atoms with E-state index in [1.807, 2.05) is 19.1 Å². The summed E-state index contributed by atoms with van der Waals surface area (Å²) in [5.74, 6) is 1.32. The highest BCUT2D eigenvalue weighted by molar-refractivity contribution is 6.06. The van der Waals surface area contributed by atoms with Crippen LogP contribution in [0.3, 0.4) is 0 Å². The number of nitrogens with zero attached hydrogens (tertiary/aromatic N) is 1. The minimum Gasteiger partial charge on any atom is -0.490 e. The number of hydrogen-bond acceptors (Lipinski definition) is 5. The Balaban J connectivity index is 2.01. The number of Topliss-reactive ketones (excluding diaryl/α,β-unsaturated/α-hetero) is 2. The second kappa shape index (κ2) is 10.7. The van der Waals surface area contributed by atoms with Crippen molar-refractivity contribution >= 4 is 11.6 Å². The summed E-state index contributed by atoms with van der Waals surface area (Å²) in [6, 6.07) is 4.14. The number of carbonyl (C=O) groups is 2. The lowest BCUT2D eigenvalue weighted by atomic mass is 9.63. The van der Waals surface area contributed by atoms with Crippen LogP contribution in [-0.2, 0) is 16.0 Å². The molecule has 0 atom stereocenters. The minimum absolute atomic E-state index is 0.123. The molecule has 5 nitrogen and oxygen atoms in total. The quantitative estimate of drug-likeness (QED) is 0.320. The predicted molar refractivity (Wildman–Crippen MR) is 153 cm³/mol. The first kappa shape index (κ1) is 28.2. The van der Waals surface area contributed by atoms with E-state index < -0.39 is 5.92 Å². The SMILES string of the molecule is C=CCc1cc(C2C3=C(CC(C)(C)CC3=O)N(CC)C3=C2C(=O)CC(C)(C)C3)cc(OCC)c1OCCC. The van der Waals surface area contributed by atoms with Crippen molar-refractivity contribution in [1.29, 1.82) is 0 Å². The lowest BCUT2D eigenvalue weighted by Gasteiger charge is -2.49. The van der Waals surface area contributed by atoms with E-state index in [4.69, 9.17) is 9.47 Å². The molecule has 0 spiro atoms. The van der Waals surface area contributed by atoms with Crippen molar-refractivity contribution < 1.29 is 19.1 Å². The van der Waals surface area contributed by atoms with Gasteiger partial charge >= 0.3 is 0 Å². The molecule has 1 aliphatic heterocycles. The smallest absolute Gasteiger partial charge is 0.164 e. The summed E-state index contributed by atoms with van der Waals surface area (Å²) in [6.07, 6.45) is 5.97. The molecule has 0 unspecified atom stereocenters. The number of ether oxygens (including phenoxy) is 2. The van der Waals surface area contributed by atoms with Gasteiger partial charge in [0, 0.05) is 53.4 Å². The van der Waals surface area contributed by atoms with Crippen LogP contribution < -0.4 is 9.47 Å². The predicted octanol–water partition coefficient (Wildman–Crippen LogP) is 7.31. The molecule has 0 amide bonds. The summed E-state index contributed by atoms with van der Waals surface area (Å²) in [5.41, 5.74) is 5.45. The standard InChI is InChI=1S/C33H45NO4/c1-9-13-21-15-22(16-27(37-12-4)31(21)38-14-10-2)28-29-23(17-32(5,6)19-25(29)35)34(11-3)24-18-33(7,8)20-26(36)30(24)28/h9,15-16,28H,1,10-14,17-20H2,2-8H3. The summed E-state index contributed by atoms with van der Waals surface area (Å²) in [5, 5.41) is 0. The zero-order chi connectivity index (χ0) is 27.8. The van der Waals surface area contributed by atoms with Gasteiger partial charge in [-0.2, -0.15) is 0 Å². The highest BCUT2D eigenvalue weighted by atomic mass is 16.5. The first-order valence-electron chi connectivity index (χ1n) is 14.3. The van der Waals surface area contributed by atoms with Crippen LogP contribution in [0.15, 0.2) is 47.3 Å². The third kappa shape index (κ3) is 5.21. The molecule has 1 heterocycles. The maximum atomic E-state index is 13.9. The molecule has 1 aromatic carbocycles. The largest absolute Gasteiger partial charge is 0.490 e. The molecular weight excluding hydrogens is 474 g/mol. The summed E-state index contributed by atoms with van der Waals surface area (Å²) in [6.45, 7) is 20.7. The molecule has 0 fully saturated rings. The maximum absolute atomic E-state index is 13.9. The summed E-state index contributed by atoms with van der Waals surface area (Å²) >= 11 is 0. The van der Waals surface area contributed by atoms with E-state index in [1.54, 1.807) is 0 Å². The van der Waals surface area contributed by atoms with Crippen molar-refractivity contribution in [3.05, 3.63) is 58.5 Å². The molecule has 0 aromatic heterocycles. The number of benzene rings is 1. The Morgan fingerprint density at radius 1 is 0.921 bits per heavy atom. The summed E-state index contributed by atoms with van der Waals surface area (Å²) in [7, 11) is 0. The molecule has 3 aliphatic rings. The first-order valence-corrected chi connectivity index (χ1v) is 14.3. The summed E-state index contributed by atoms with van der Waals surface area (Å²) in [4.78, 5) is 30.2. The van der Waals surface area contributed by atoms with Crippen molar-refractivity contribution in [2.24, 2.45) is 10.8 Å². The van der Waals surface area contributed by atoms with E-state index in [-0.39, 0.29) is 22.4 Å². The van der Waals surface area contributed by atoms with E-state index in [2.05, 4.69) is 59.1 Å². The van der Waals surface area contributed by atoms with Crippen molar-refractivity contribution in [2.75, 3.05) is 19.8 Å². The average Bonchev–Trinajstić information content (AvgIpc) is 2.81. The number of allylic oxidation sites excluding steroid dienone is 5. The normalized spacial score (nSPS) is 20.9. The Hall–Kier alpha value is -2.82. The Morgan fingerprint density at radius 3 is 1.97 bits per heavy atom. The summed E-state index contributed by atoms with van der Waals surface area (Å²) < 4.78 is 12.3. The molecule has 2 aliphatic carbocycles. The van der Waals surface area contributed by atoms with E-state index in [9.17, 15) is 9.59 Å². The van der Waals surface area contributed by atoms with E-state index in [0.717, 1.165) is 65.2 Å². The first-order chi connectivity index (χ1) is 18.0. The van der Waals surface area contributed by atoms with Gasteiger partial charge in [0.1, 0.15) is 0 Å². The van der Waals surface area contributed by atoms with Crippen LogP contribution in [0.25, 0.3) is 0 Å². The highest BCUT2D eigenvalue weighted by Gasteiger charge is 2.48. The molecular formula is C33H45NO4. The molecule has 0 radical (unpaired) electrons. The molecule has 0 saturated carbocycles. The van der Waals surface area contributed by atoms with Gasteiger partial charge < -0.3 is 14.4 Å².